The predicted octanol–water partition coefficient (Wildman–Crippen LogP) is 4.25. The van der Waals surface area contributed by atoms with Crippen molar-refractivity contribution in [2.24, 2.45) is 16.7 Å². The Kier molecular flexibility index (Phi) is 2.56. The molecule has 1 saturated carbocycles. The zero-order valence-corrected chi connectivity index (χ0v) is 9.41. The molecule has 0 amide bonds. The summed E-state index contributed by atoms with van der Waals surface area (Å²) in [5.41, 5.74) is 1.16. The summed E-state index contributed by atoms with van der Waals surface area (Å²) in [4.78, 5) is 0. The molecule has 0 aliphatic heterocycles. The van der Waals surface area contributed by atoms with Crippen LogP contribution in [-0.4, -0.2) is 0 Å². The summed E-state index contributed by atoms with van der Waals surface area (Å²) in [6, 6.07) is 0. The fourth-order valence-corrected chi connectivity index (χ4v) is 3.51. The molecule has 0 nitrogen and oxygen atoms in total. The molecule has 1 fully saturated rings. The van der Waals surface area contributed by atoms with Crippen LogP contribution < -0.4 is 0 Å². The van der Waals surface area contributed by atoms with E-state index >= 15 is 0 Å². The van der Waals surface area contributed by atoms with Crippen LogP contribution in [-0.2, 0) is 0 Å². The molecule has 0 heterocycles. The zero-order chi connectivity index (χ0) is 9.41. The Morgan fingerprint density at radius 2 is 1.42 bits per heavy atom. The van der Waals surface area contributed by atoms with Gasteiger partial charge in [-0.15, -0.1) is 0 Å². The lowest BCUT2D eigenvalue weighted by molar-refractivity contribution is 0.0121. The highest BCUT2D eigenvalue weighted by Crippen LogP contribution is 2.51. The molecule has 0 heteroatoms. The van der Waals surface area contributed by atoms with Crippen LogP contribution in [0.3, 0.4) is 0 Å². The normalized spacial score (nSPS) is 28.8. The number of rotatable bonds is 1. The summed E-state index contributed by atoms with van der Waals surface area (Å²) in [6.07, 6.45) is 5.63. The van der Waals surface area contributed by atoms with Crippen molar-refractivity contribution >= 4 is 0 Å². The Labute approximate surface area is 77.7 Å². The third kappa shape index (κ3) is 1.67. The molecule has 72 valence electrons. The van der Waals surface area contributed by atoms with Gasteiger partial charge in [-0.25, -0.2) is 0 Å². The van der Waals surface area contributed by atoms with Crippen molar-refractivity contribution in [3.8, 4) is 0 Å². The van der Waals surface area contributed by atoms with Gasteiger partial charge in [-0.3, -0.25) is 0 Å². The highest BCUT2D eigenvalue weighted by molar-refractivity contribution is 4.92. The van der Waals surface area contributed by atoms with Crippen molar-refractivity contribution in [1.82, 2.24) is 0 Å². The molecule has 0 atom stereocenters. The van der Waals surface area contributed by atoms with Crippen LogP contribution in [0, 0.1) is 16.7 Å². The SMILES string of the molecule is CCC1C(C)(C)CCCC1(C)C. The number of hydrogen-bond acceptors (Lipinski definition) is 0. The molecular formula is C12H24. The fourth-order valence-electron chi connectivity index (χ4n) is 3.51. The lowest BCUT2D eigenvalue weighted by Gasteiger charge is -2.49. The first kappa shape index (κ1) is 10.1. The molecule has 0 N–H and O–H groups in total. The Hall–Kier alpha value is 0. The molecule has 0 aromatic rings. The van der Waals surface area contributed by atoms with Crippen molar-refractivity contribution in [3.05, 3.63) is 0 Å². The molecule has 1 aliphatic carbocycles. The second-order valence-electron chi connectivity index (χ2n) is 5.79. The molecule has 0 spiro atoms. The van der Waals surface area contributed by atoms with Gasteiger partial charge in [0.2, 0.25) is 0 Å². The summed E-state index contributed by atoms with van der Waals surface area (Å²) in [5.74, 6) is 0.916. The Bertz CT molecular complexity index is 137. The van der Waals surface area contributed by atoms with Gasteiger partial charge >= 0.3 is 0 Å². The van der Waals surface area contributed by atoms with Crippen LogP contribution in [0.25, 0.3) is 0 Å². The van der Waals surface area contributed by atoms with E-state index in [0.717, 1.165) is 5.92 Å². The summed E-state index contributed by atoms with van der Waals surface area (Å²) in [6.45, 7) is 12.1. The molecule has 12 heavy (non-hydrogen) atoms. The summed E-state index contributed by atoms with van der Waals surface area (Å²) >= 11 is 0. The molecule has 0 aromatic carbocycles. The van der Waals surface area contributed by atoms with E-state index < -0.39 is 0 Å². The van der Waals surface area contributed by atoms with Gasteiger partial charge in [0.1, 0.15) is 0 Å². The van der Waals surface area contributed by atoms with E-state index in [9.17, 15) is 0 Å². The van der Waals surface area contributed by atoms with Gasteiger partial charge in [0, 0.05) is 0 Å². The first-order valence-corrected chi connectivity index (χ1v) is 5.40. The topological polar surface area (TPSA) is 0 Å². The maximum atomic E-state index is 2.45. The van der Waals surface area contributed by atoms with E-state index in [4.69, 9.17) is 0 Å². The molecule has 0 bridgehead atoms. The van der Waals surface area contributed by atoms with Crippen molar-refractivity contribution in [1.29, 1.82) is 0 Å². The Morgan fingerprint density at radius 3 is 1.67 bits per heavy atom. The molecule has 0 aromatic heterocycles. The van der Waals surface area contributed by atoms with Gasteiger partial charge in [-0.05, 0) is 29.6 Å². The molecule has 1 aliphatic rings. The van der Waals surface area contributed by atoms with Gasteiger partial charge in [0.25, 0.3) is 0 Å². The van der Waals surface area contributed by atoms with Crippen LogP contribution in [0.15, 0.2) is 0 Å². The standard InChI is InChI=1S/C12H24/c1-6-10-11(2,3)8-7-9-12(10,4)5/h10H,6-9H2,1-5H3. The maximum Gasteiger partial charge on any atom is -0.0314 e. The van der Waals surface area contributed by atoms with Crippen LogP contribution in [0.5, 0.6) is 0 Å². The van der Waals surface area contributed by atoms with Crippen molar-refractivity contribution in [2.75, 3.05) is 0 Å². The predicted molar refractivity (Wildman–Crippen MR) is 55.2 cm³/mol. The first-order valence-electron chi connectivity index (χ1n) is 5.40. The van der Waals surface area contributed by atoms with E-state index in [1.165, 1.54) is 25.7 Å². The third-order valence-electron chi connectivity index (χ3n) is 3.94. The lowest BCUT2D eigenvalue weighted by atomic mass is 9.56. The van der Waals surface area contributed by atoms with Gasteiger partial charge in [0.05, 0.1) is 0 Å². The summed E-state index contributed by atoms with van der Waals surface area (Å²) in [5, 5.41) is 0. The molecule has 0 saturated heterocycles. The van der Waals surface area contributed by atoms with Crippen molar-refractivity contribution in [2.45, 2.75) is 60.3 Å². The van der Waals surface area contributed by atoms with Crippen LogP contribution in [0.2, 0.25) is 0 Å². The Morgan fingerprint density at radius 1 is 1.00 bits per heavy atom. The average molecular weight is 168 g/mol. The van der Waals surface area contributed by atoms with Gasteiger partial charge < -0.3 is 0 Å². The monoisotopic (exact) mass is 168 g/mol. The second kappa shape index (κ2) is 3.05. The van der Waals surface area contributed by atoms with Gasteiger partial charge in [-0.1, -0.05) is 47.5 Å². The largest absolute Gasteiger partial charge is 0.0651 e. The van der Waals surface area contributed by atoms with Crippen molar-refractivity contribution in [3.63, 3.8) is 0 Å². The molecular weight excluding hydrogens is 144 g/mol. The van der Waals surface area contributed by atoms with E-state index in [1.807, 2.05) is 0 Å². The second-order valence-corrected chi connectivity index (χ2v) is 5.79. The maximum absolute atomic E-state index is 2.45. The minimum Gasteiger partial charge on any atom is -0.0651 e. The quantitative estimate of drug-likeness (QED) is 0.549. The van der Waals surface area contributed by atoms with Crippen LogP contribution in [0.1, 0.15) is 60.3 Å². The summed E-state index contributed by atoms with van der Waals surface area (Å²) < 4.78 is 0. The van der Waals surface area contributed by atoms with E-state index in [0.29, 0.717) is 10.8 Å². The van der Waals surface area contributed by atoms with Gasteiger partial charge in [-0.2, -0.15) is 0 Å². The van der Waals surface area contributed by atoms with E-state index in [-0.39, 0.29) is 0 Å². The first-order chi connectivity index (χ1) is 5.40. The average Bonchev–Trinajstić information content (AvgIpc) is 1.83. The molecule has 1 rings (SSSR count). The minimum absolute atomic E-state index is 0.580. The highest BCUT2D eigenvalue weighted by atomic mass is 14.5. The zero-order valence-electron chi connectivity index (χ0n) is 9.41. The molecule has 0 radical (unpaired) electrons. The highest BCUT2D eigenvalue weighted by Gasteiger charge is 2.42. The van der Waals surface area contributed by atoms with E-state index in [2.05, 4.69) is 34.6 Å². The van der Waals surface area contributed by atoms with E-state index in [1.54, 1.807) is 0 Å². The van der Waals surface area contributed by atoms with Crippen molar-refractivity contribution < 1.29 is 0 Å². The van der Waals surface area contributed by atoms with Gasteiger partial charge in [0.15, 0.2) is 0 Å². The fraction of sp³-hybridized carbons (Fsp3) is 1.00. The Balaban J connectivity index is 2.81. The third-order valence-corrected chi connectivity index (χ3v) is 3.94. The summed E-state index contributed by atoms with van der Waals surface area (Å²) in [7, 11) is 0. The smallest absolute Gasteiger partial charge is 0.0314 e. The molecule has 0 unspecified atom stereocenters. The lowest BCUT2D eigenvalue weighted by Crippen LogP contribution is -2.39. The minimum atomic E-state index is 0.580. The number of hydrogen-bond donors (Lipinski definition) is 0. The van der Waals surface area contributed by atoms with Crippen LogP contribution in [0.4, 0.5) is 0 Å². The van der Waals surface area contributed by atoms with Crippen LogP contribution >= 0.6 is 0 Å².